The maximum Gasteiger partial charge on any atom is 0.336 e. The molecular weight excluding hydrogens is 414 g/mol. The number of nitrogens with zero attached hydrogens (tertiary/aromatic N) is 1. The van der Waals surface area contributed by atoms with E-state index in [2.05, 4.69) is 31.1 Å². The van der Waals surface area contributed by atoms with E-state index in [0.29, 0.717) is 29.3 Å². The van der Waals surface area contributed by atoms with Crippen molar-refractivity contribution in [3.63, 3.8) is 0 Å². The zero-order valence-corrected chi connectivity index (χ0v) is 18.5. The van der Waals surface area contributed by atoms with Crippen molar-refractivity contribution >= 4 is 11.0 Å². The van der Waals surface area contributed by atoms with Gasteiger partial charge in [-0.1, -0.05) is 72.2 Å². The summed E-state index contributed by atoms with van der Waals surface area (Å²) in [5.74, 6) is 1.12. The predicted octanol–water partition coefficient (Wildman–Crippen LogP) is 6.56. The third-order valence-corrected chi connectivity index (χ3v) is 5.72. The van der Waals surface area contributed by atoms with Crippen LogP contribution in [0.4, 0.5) is 0 Å². The molecule has 0 fully saturated rings. The Hall–Kier alpha value is -4.12. The van der Waals surface area contributed by atoms with E-state index in [1.807, 2.05) is 48.5 Å². The minimum Gasteiger partial charge on any atom is -0.488 e. The molecule has 0 amide bonds. The van der Waals surface area contributed by atoms with Gasteiger partial charge < -0.3 is 13.7 Å². The van der Waals surface area contributed by atoms with E-state index >= 15 is 0 Å². The Morgan fingerprint density at radius 2 is 1.76 bits per heavy atom. The first-order chi connectivity index (χ1) is 16.1. The summed E-state index contributed by atoms with van der Waals surface area (Å²) in [5.41, 5.74) is 5.57. The van der Waals surface area contributed by atoms with Crippen molar-refractivity contribution in [1.82, 2.24) is 5.16 Å². The molecule has 0 saturated carbocycles. The number of hydrogen-bond donors (Lipinski definition) is 0. The smallest absolute Gasteiger partial charge is 0.336 e. The van der Waals surface area contributed by atoms with Gasteiger partial charge >= 0.3 is 5.63 Å². The van der Waals surface area contributed by atoms with Crippen molar-refractivity contribution < 1.29 is 13.7 Å². The molecule has 2 heterocycles. The maximum atomic E-state index is 12.6. The first-order valence-corrected chi connectivity index (χ1v) is 10.9. The monoisotopic (exact) mass is 437 g/mol. The number of aromatic nitrogens is 1. The summed E-state index contributed by atoms with van der Waals surface area (Å²) in [4.78, 5) is 12.6. The molecule has 33 heavy (non-hydrogen) atoms. The van der Waals surface area contributed by atoms with E-state index in [-0.39, 0.29) is 0 Å². The molecule has 0 aliphatic rings. The third-order valence-electron chi connectivity index (χ3n) is 5.72. The summed E-state index contributed by atoms with van der Waals surface area (Å²) in [6, 6.07) is 23.4. The molecule has 5 rings (SSSR count). The van der Waals surface area contributed by atoms with Crippen LogP contribution in [0.2, 0.25) is 0 Å². The van der Waals surface area contributed by atoms with Gasteiger partial charge in [-0.15, -0.1) is 0 Å². The molecule has 2 aromatic heterocycles. The molecule has 5 aromatic rings. The Morgan fingerprint density at radius 1 is 0.970 bits per heavy atom. The molecule has 5 nitrogen and oxygen atoms in total. The van der Waals surface area contributed by atoms with Gasteiger partial charge in [-0.25, -0.2) is 4.79 Å². The second-order valence-corrected chi connectivity index (χ2v) is 7.97. The number of ether oxygens (including phenoxy) is 1. The lowest BCUT2D eigenvalue weighted by Gasteiger charge is -2.17. The van der Waals surface area contributed by atoms with E-state index in [4.69, 9.17) is 13.7 Å². The second-order valence-electron chi connectivity index (χ2n) is 7.97. The van der Waals surface area contributed by atoms with E-state index in [0.717, 1.165) is 34.1 Å². The Morgan fingerprint density at radius 3 is 2.45 bits per heavy atom. The van der Waals surface area contributed by atoms with Crippen LogP contribution in [0.5, 0.6) is 5.75 Å². The average Bonchev–Trinajstić information content (AvgIpc) is 3.37. The fourth-order valence-corrected chi connectivity index (χ4v) is 4.03. The molecule has 5 heteroatoms. The topological polar surface area (TPSA) is 65.5 Å². The van der Waals surface area contributed by atoms with Crippen molar-refractivity contribution in [2.75, 3.05) is 0 Å². The van der Waals surface area contributed by atoms with Gasteiger partial charge in [0.05, 0.1) is 6.20 Å². The van der Waals surface area contributed by atoms with Crippen LogP contribution < -0.4 is 10.4 Å². The van der Waals surface area contributed by atoms with E-state index in [1.54, 1.807) is 12.3 Å². The molecule has 0 unspecified atom stereocenters. The van der Waals surface area contributed by atoms with Crippen LogP contribution in [0.3, 0.4) is 0 Å². The zero-order valence-electron chi connectivity index (χ0n) is 18.5. The van der Waals surface area contributed by atoms with E-state index in [9.17, 15) is 4.79 Å². The maximum absolute atomic E-state index is 12.6. The summed E-state index contributed by atoms with van der Waals surface area (Å²) in [6.45, 7) is 4.51. The number of aryl methyl sites for hydroxylation is 2. The summed E-state index contributed by atoms with van der Waals surface area (Å²) >= 11 is 0. The molecule has 164 valence electrons. The van der Waals surface area contributed by atoms with Crippen LogP contribution in [-0.4, -0.2) is 5.16 Å². The molecule has 0 N–H and O–H groups in total. The van der Waals surface area contributed by atoms with Crippen LogP contribution in [-0.2, 0) is 13.0 Å². The fraction of sp³-hybridized carbons (Fsp3) is 0.143. The van der Waals surface area contributed by atoms with Gasteiger partial charge in [-0.2, -0.15) is 0 Å². The first kappa shape index (κ1) is 20.8. The molecule has 0 aliphatic heterocycles. The van der Waals surface area contributed by atoms with Crippen LogP contribution in [0.1, 0.15) is 23.6 Å². The normalized spacial score (nSPS) is 11.1. The van der Waals surface area contributed by atoms with Gasteiger partial charge in [0.25, 0.3) is 0 Å². The molecule has 0 spiro atoms. The summed E-state index contributed by atoms with van der Waals surface area (Å²) < 4.78 is 17.6. The van der Waals surface area contributed by atoms with Crippen molar-refractivity contribution in [2.45, 2.75) is 26.9 Å². The molecular formula is C28H23NO4. The molecule has 0 radical (unpaired) electrons. The second kappa shape index (κ2) is 8.79. The Balaban J connectivity index is 1.75. The lowest BCUT2D eigenvalue weighted by atomic mass is 9.95. The number of benzene rings is 3. The molecule has 0 atom stereocenters. The van der Waals surface area contributed by atoms with Crippen molar-refractivity contribution in [1.29, 1.82) is 0 Å². The first-order valence-electron chi connectivity index (χ1n) is 10.9. The van der Waals surface area contributed by atoms with Crippen molar-refractivity contribution in [3.8, 4) is 28.2 Å². The van der Waals surface area contributed by atoms with Gasteiger partial charge in [0, 0.05) is 17.5 Å². The Kier molecular flexibility index (Phi) is 5.53. The standard InChI is InChI=1S/C28H23NO4/c1-3-20-15-23-22(21-7-5-4-6-8-21)16-25(30)32-28(23)26(24-13-14-29-33-24)27(20)31-17-19-11-9-18(2)10-12-19/h4-16H,3,17H2,1-2H3. The SMILES string of the molecule is CCc1cc2c(-c3ccccc3)cc(=O)oc2c(-c2ccno2)c1OCc1ccc(C)cc1. The quantitative estimate of drug-likeness (QED) is 0.281. The van der Waals surface area contributed by atoms with Crippen molar-refractivity contribution in [2.24, 2.45) is 0 Å². The Bertz CT molecular complexity index is 1450. The van der Waals surface area contributed by atoms with E-state index < -0.39 is 5.63 Å². The van der Waals surface area contributed by atoms with Gasteiger partial charge in [0.15, 0.2) is 11.3 Å². The minimum atomic E-state index is -0.434. The Labute approximate surface area is 191 Å². The summed E-state index contributed by atoms with van der Waals surface area (Å²) in [6.07, 6.45) is 2.30. The highest BCUT2D eigenvalue weighted by atomic mass is 16.5. The summed E-state index contributed by atoms with van der Waals surface area (Å²) in [7, 11) is 0. The van der Waals surface area contributed by atoms with Gasteiger partial charge in [-0.3, -0.25) is 0 Å². The van der Waals surface area contributed by atoms with E-state index in [1.165, 1.54) is 11.6 Å². The molecule has 0 aliphatic carbocycles. The highest BCUT2D eigenvalue weighted by Crippen LogP contribution is 2.42. The van der Waals surface area contributed by atoms with Crippen LogP contribution in [0.15, 0.2) is 92.7 Å². The largest absolute Gasteiger partial charge is 0.488 e. The molecule has 0 saturated heterocycles. The number of hydrogen-bond acceptors (Lipinski definition) is 5. The van der Waals surface area contributed by atoms with Gasteiger partial charge in [0.1, 0.15) is 17.9 Å². The average molecular weight is 437 g/mol. The van der Waals surface area contributed by atoms with Crippen LogP contribution in [0, 0.1) is 6.92 Å². The lowest BCUT2D eigenvalue weighted by molar-refractivity contribution is 0.303. The molecule has 3 aromatic carbocycles. The number of rotatable bonds is 6. The van der Waals surface area contributed by atoms with Gasteiger partial charge in [-0.05, 0) is 41.7 Å². The number of fused-ring (bicyclic) bond motifs is 1. The van der Waals surface area contributed by atoms with Crippen molar-refractivity contribution in [3.05, 3.63) is 106 Å². The predicted molar refractivity (Wildman–Crippen MR) is 128 cm³/mol. The lowest BCUT2D eigenvalue weighted by Crippen LogP contribution is -2.04. The minimum absolute atomic E-state index is 0.378. The highest BCUT2D eigenvalue weighted by Gasteiger charge is 2.23. The van der Waals surface area contributed by atoms with Crippen LogP contribution in [0.25, 0.3) is 33.4 Å². The highest BCUT2D eigenvalue weighted by molar-refractivity contribution is 6.02. The summed E-state index contributed by atoms with van der Waals surface area (Å²) in [5, 5.41) is 4.71. The van der Waals surface area contributed by atoms with Crippen LogP contribution >= 0.6 is 0 Å². The zero-order chi connectivity index (χ0) is 22.8. The third kappa shape index (κ3) is 4.05. The fourth-order valence-electron chi connectivity index (χ4n) is 4.03. The van der Waals surface area contributed by atoms with Gasteiger partial charge in [0.2, 0.25) is 0 Å². The molecule has 0 bridgehead atoms.